The van der Waals surface area contributed by atoms with Crippen molar-refractivity contribution in [2.75, 3.05) is 31.6 Å². The molecular formula is C19H28N4O2. The van der Waals surface area contributed by atoms with Gasteiger partial charge in [-0.05, 0) is 39.2 Å². The maximum atomic E-state index is 12.7. The Balaban J connectivity index is 1.82. The maximum absolute atomic E-state index is 12.7. The molecule has 1 aliphatic heterocycles. The van der Waals surface area contributed by atoms with Gasteiger partial charge >= 0.3 is 0 Å². The summed E-state index contributed by atoms with van der Waals surface area (Å²) in [4.78, 5) is 14.8. The zero-order valence-electron chi connectivity index (χ0n) is 15.5. The number of anilines is 1. The van der Waals surface area contributed by atoms with Crippen molar-refractivity contribution >= 4 is 11.7 Å². The summed E-state index contributed by atoms with van der Waals surface area (Å²) in [7, 11) is 0. The standard InChI is InChI=1S/C19H28N4O2/c1-13-12-25-9-8-22(13)11-18(24)21-19-17(10-20)14(2)15(3)23(19)16-6-4-5-7-16/h13,16H,4-9,11-12H2,1-3H3,(H,21,24). The second kappa shape index (κ2) is 7.59. The molecule has 1 atom stereocenters. The Labute approximate surface area is 149 Å². The van der Waals surface area contributed by atoms with E-state index in [0.29, 0.717) is 37.2 Å². The summed E-state index contributed by atoms with van der Waals surface area (Å²) in [5, 5.41) is 12.7. The summed E-state index contributed by atoms with van der Waals surface area (Å²) in [6.07, 6.45) is 4.65. The lowest BCUT2D eigenvalue weighted by atomic mass is 10.2. The minimum absolute atomic E-state index is 0.0537. The fraction of sp³-hybridized carbons (Fsp3) is 0.684. The molecular weight excluding hydrogens is 316 g/mol. The normalized spacial score (nSPS) is 22.1. The molecule has 1 saturated carbocycles. The van der Waals surface area contributed by atoms with Gasteiger partial charge in [-0.2, -0.15) is 5.26 Å². The molecule has 2 fully saturated rings. The van der Waals surface area contributed by atoms with Gasteiger partial charge in [0.2, 0.25) is 5.91 Å². The van der Waals surface area contributed by atoms with Crippen LogP contribution in [0.2, 0.25) is 0 Å². The summed E-state index contributed by atoms with van der Waals surface area (Å²) in [6, 6.07) is 2.92. The van der Waals surface area contributed by atoms with E-state index in [0.717, 1.165) is 30.6 Å². The highest BCUT2D eigenvalue weighted by Crippen LogP contribution is 2.37. The van der Waals surface area contributed by atoms with Crippen LogP contribution in [-0.2, 0) is 9.53 Å². The van der Waals surface area contributed by atoms with Crippen LogP contribution >= 0.6 is 0 Å². The third-order valence-electron chi connectivity index (χ3n) is 5.67. The number of ether oxygens (including phenoxy) is 1. The van der Waals surface area contributed by atoms with Gasteiger partial charge in [-0.1, -0.05) is 12.8 Å². The van der Waals surface area contributed by atoms with Gasteiger partial charge in [0, 0.05) is 24.3 Å². The highest BCUT2D eigenvalue weighted by atomic mass is 16.5. The van der Waals surface area contributed by atoms with Crippen molar-refractivity contribution in [3.8, 4) is 6.07 Å². The molecule has 25 heavy (non-hydrogen) atoms. The molecule has 6 heteroatoms. The summed E-state index contributed by atoms with van der Waals surface area (Å²) in [5.41, 5.74) is 2.68. The Morgan fingerprint density at radius 1 is 1.36 bits per heavy atom. The Morgan fingerprint density at radius 2 is 2.08 bits per heavy atom. The first-order valence-electron chi connectivity index (χ1n) is 9.26. The SMILES string of the molecule is Cc1c(C#N)c(NC(=O)CN2CCOCC2C)n(C2CCCC2)c1C. The molecule has 1 amide bonds. The molecule has 0 radical (unpaired) electrons. The minimum Gasteiger partial charge on any atom is -0.379 e. The van der Waals surface area contributed by atoms with Crippen molar-refractivity contribution in [3.05, 3.63) is 16.8 Å². The van der Waals surface area contributed by atoms with Crippen molar-refractivity contribution in [1.29, 1.82) is 5.26 Å². The van der Waals surface area contributed by atoms with Gasteiger partial charge in [0.05, 0.1) is 25.3 Å². The van der Waals surface area contributed by atoms with Crippen LogP contribution in [-0.4, -0.2) is 47.7 Å². The van der Waals surface area contributed by atoms with E-state index in [1.165, 1.54) is 12.8 Å². The molecule has 2 aliphatic rings. The summed E-state index contributed by atoms with van der Waals surface area (Å²) in [5.74, 6) is 0.636. The molecule has 3 rings (SSSR count). The van der Waals surface area contributed by atoms with Crippen molar-refractivity contribution in [2.45, 2.75) is 58.5 Å². The van der Waals surface area contributed by atoms with E-state index in [9.17, 15) is 10.1 Å². The summed E-state index contributed by atoms with van der Waals surface area (Å²) < 4.78 is 7.63. The van der Waals surface area contributed by atoms with E-state index in [-0.39, 0.29) is 11.9 Å². The van der Waals surface area contributed by atoms with Crippen molar-refractivity contribution in [3.63, 3.8) is 0 Å². The Hall–Kier alpha value is -1.84. The fourth-order valence-corrected chi connectivity index (χ4v) is 4.06. The largest absolute Gasteiger partial charge is 0.379 e. The molecule has 136 valence electrons. The number of carbonyl (C=O) groups is 1. The molecule has 6 nitrogen and oxygen atoms in total. The Morgan fingerprint density at radius 3 is 2.72 bits per heavy atom. The number of hydrogen-bond acceptors (Lipinski definition) is 4. The smallest absolute Gasteiger partial charge is 0.239 e. The first kappa shape index (κ1) is 18.0. The summed E-state index contributed by atoms with van der Waals surface area (Å²) in [6.45, 7) is 8.52. The molecule has 1 N–H and O–H groups in total. The third-order valence-corrected chi connectivity index (χ3v) is 5.67. The number of aromatic nitrogens is 1. The number of nitrogens with zero attached hydrogens (tertiary/aromatic N) is 3. The molecule has 1 unspecified atom stereocenters. The topological polar surface area (TPSA) is 70.3 Å². The van der Waals surface area contributed by atoms with E-state index in [1.807, 2.05) is 13.8 Å². The average molecular weight is 344 g/mol. The lowest BCUT2D eigenvalue weighted by Gasteiger charge is -2.32. The fourth-order valence-electron chi connectivity index (χ4n) is 4.06. The van der Waals surface area contributed by atoms with E-state index >= 15 is 0 Å². The molecule has 1 saturated heterocycles. The van der Waals surface area contributed by atoms with Crippen LogP contribution in [0.3, 0.4) is 0 Å². The second-order valence-corrected chi connectivity index (χ2v) is 7.30. The number of nitriles is 1. The predicted octanol–water partition coefficient (Wildman–Crippen LogP) is 2.75. The molecule has 1 aromatic heterocycles. The van der Waals surface area contributed by atoms with Crippen LogP contribution in [0.5, 0.6) is 0 Å². The zero-order valence-corrected chi connectivity index (χ0v) is 15.5. The molecule has 2 heterocycles. The zero-order chi connectivity index (χ0) is 18.0. The quantitative estimate of drug-likeness (QED) is 0.912. The summed E-state index contributed by atoms with van der Waals surface area (Å²) >= 11 is 0. The van der Waals surface area contributed by atoms with Crippen LogP contribution in [0.25, 0.3) is 0 Å². The van der Waals surface area contributed by atoms with Crippen LogP contribution < -0.4 is 5.32 Å². The molecule has 1 aliphatic carbocycles. The molecule has 0 bridgehead atoms. The van der Waals surface area contributed by atoms with Gasteiger partial charge in [-0.3, -0.25) is 9.69 Å². The second-order valence-electron chi connectivity index (χ2n) is 7.30. The maximum Gasteiger partial charge on any atom is 0.239 e. The highest BCUT2D eigenvalue weighted by molar-refractivity contribution is 5.93. The Kier molecular flexibility index (Phi) is 5.45. The van der Waals surface area contributed by atoms with Crippen molar-refractivity contribution in [2.24, 2.45) is 0 Å². The number of amides is 1. The van der Waals surface area contributed by atoms with Gasteiger partial charge < -0.3 is 14.6 Å². The minimum atomic E-state index is -0.0537. The van der Waals surface area contributed by atoms with E-state index in [4.69, 9.17) is 4.74 Å². The number of carbonyl (C=O) groups excluding carboxylic acids is 1. The monoisotopic (exact) mass is 344 g/mol. The number of hydrogen-bond donors (Lipinski definition) is 1. The van der Waals surface area contributed by atoms with E-state index in [1.54, 1.807) is 0 Å². The van der Waals surface area contributed by atoms with E-state index < -0.39 is 0 Å². The van der Waals surface area contributed by atoms with Gasteiger partial charge in [-0.25, -0.2) is 0 Å². The lowest BCUT2D eigenvalue weighted by molar-refractivity contribution is -0.119. The first-order chi connectivity index (χ1) is 12.0. The van der Waals surface area contributed by atoms with Gasteiger partial charge in [-0.15, -0.1) is 0 Å². The number of morpholine rings is 1. The van der Waals surface area contributed by atoms with Crippen molar-refractivity contribution < 1.29 is 9.53 Å². The predicted molar refractivity (Wildman–Crippen MR) is 96.6 cm³/mol. The highest BCUT2D eigenvalue weighted by Gasteiger charge is 2.28. The van der Waals surface area contributed by atoms with E-state index in [2.05, 4.69) is 27.8 Å². The van der Waals surface area contributed by atoms with Gasteiger partial charge in [0.25, 0.3) is 0 Å². The Bertz CT molecular complexity index is 683. The van der Waals surface area contributed by atoms with Crippen LogP contribution in [0.1, 0.15) is 55.5 Å². The molecule has 0 spiro atoms. The van der Waals surface area contributed by atoms with Crippen LogP contribution in [0.15, 0.2) is 0 Å². The lowest BCUT2D eigenvalue weighted by Crippen LogP contribution is -2.47. The van der Waals surface area contributed by atoms with Crippen LogP contribution in [0.4, 0.5) is 5.82 Å². The van der Waals surface area contributed by atoms with Crippen LogP contribution in [0, 0.1) is 25.2 Å². The van der Waals surface area contributed by atoms with Gasteiger partial charge in [0.15, 0.2) is 0 Å². The number of nitrogens with one attached hydrogen (secondary N) is 1. The number of rotatable bonds is 4. The first-order valence-corrected chi connectivity index (χ1v) is 9.26. The van der Waals surface area contributed by atoms with Crippen molar-refractivity contribution in [1.82, 2.24) is 9.47 Å². The average Bonchev–Trinajstić information content (AvgIpc) is 3.18. The van der Waals surface area contributed by atoms with Gasteiger partial charge in [0.1, 0.15) is 11.9 Å². The third kappa shape index (κ3) is 3.58. The molecule has 0 aromatic carbocycles. The molecule has 1 aromatic rings.